The van der Waals surface area contributed by atoms with Crippen molar-refractivity contribution in [3.8, 4) is 0 Å². The van der Waals surface area contributed by atoms with Crippen LogP contribution in [0.2, 0.25) is 0 Å². The topological polar surface area (TPSA) is 123 Å². The number of aryl methyl sites for hydroxylation is 1. The predicted octanol–water partition coefficient (Wildman–Crippen LogP) is 0.776. The minimum atomic E-state index is -3.61. The fourth-order valence-electron chi connectivity index (χ4n) is 5.94. The number of likely N-dealkylation sites (N-methyl/N-ethyl adjacent to an activating group) is 1. The Balaban J connectivity index is 1.41. The fraction of sp³-hybridized carbons (Fsp3) is 0.792. The maximum Gasteiger partial charge on any atom is 0.258 e. The van der Waals surface area contributed by atoms with Gasteiger partial charge in [0.1, 0.15) is 5.82 Å². The molecule has 1 aromatic rings. The second-order valence-corrected chi connectivity index (χ2v) is 12.9. The second-order valence-electron chi connectivity index (χ2n) is 10.5. The molecule has 0 aromatic carbocycles. The molecular formula is C24H38ClN5O5S. The number of aromatic nitrogens is 2. The molecule has 5 unspecified atom stereocenters. The third-order valence-electron chi connectivity index (χ3n) is 7.77. The number of alkyl halides is 1. The molecule has 2 fully saturated rings. The third-order valence-corrected chi connectivity index (χ3v) is 8.73. The van der Waals surface area contributed by atoms with Gasteiger partial charge < -0.3 is 15.0 Å². The fourth-order valence-corrected chi connectivity index (χ4v) is 6.78. The number of halogens is 1. The van der Waals surface area contributed by atoms with Crippen LogP contribution in [0.1, 0.15) is 49.2 Å². The van der Waals surface area contributed by atoms with Gasteiger partial charge in [0, 0.05) is 24.9 Å². The Morgan fingerprint density at radius 2 is 2.06 bits per heavy atom. The van der Waals surface area contributed by atoms with Gasteiger partial charge in [-0.25, -0.2) is 13.4 Å². The maximum absolute atomic E-state index is 13.2. The summed E-state index contributed by atoms with van der Waals surface area (Å²) in [5, 5.41) is 3.20. The van der Waals surface area contributed by atoms with E-state index >= 15 is 0 Å². The number of piperidine rings is 1. The molecule has 0 radical (unpaired) electrons. The zero-order valence-corrected chi connectivity index (χ0v) is 22.9. The summed E-state index contributed by atoms with van der Waals surface area (Å²) in [4.78, 5) is 32.4. The van der Waals surface area contributed by atoms with E-state index in [9.17, 15) is 18.0 Å². The van der Waals surface area contributed by atoms with Crippen LogP contribution in [-0.4, -0.2) is 79.3 Å². The number of hydrogen-bond donors (Lipinski definition) is 2. The summed E-state index contributed by atoms with van der Waals surface area (Å²) in [7, 11) is -1.60. The lowest BCUT2D eigenvalue weighted by Crippen LogP contribution is -2.52. The minimum absolute atomic E-state index is 0.0190. The molecule has 3 aliphatic rings. The number of fused-ring (bicyclic) bond motifs is 1. The number of nitrogens with one attached hydrogen (secondary N) is 2. The zero-order chi connectivity index (χ0) is 26.0. The van der Waals surface area contributed by atoms with Crippen molar-refractivity contribution in [1.82, 2.24) is 24.5 Å². The van der Waals surface area contributed by atoms with E-state index in [0.717, 1.165) is 56.2 Å². The Bertz CT molecular complexity index is 1130. The monoisotopic (exact) mass is 543 g/mol. The standard InChI is InChI=1S/C24H38ClN5O5S/c1-15-27-20-7-9-29(2)14-19(20)24(32)30(15)10-11-35-22-5-4-17(25)13-18(22)16-6-8-26-21(12-16)23(31)28-36(3,33)34/h16-18,21-22,26H,4-14H2,1-3H3,(H,28,31). The molecule has 1 aromatic heterocycles. The zero-order valence-electron chi connectivity index (χ0n) is 21.3. The van der Waals surface area contributed by atoms with Gasteiger partial charge in [0.05, 0.1) is 42.8 Å². The lowest BCUT2D eigenvalue weighted by atomic mass is 9.72. The number of amides is 1. The normalized spacial score (nSPS) is 29.5. The summed E-state index contributed by atoms with van der Waals surface area (Å²) in [6.45, 7) is 4.87. The molecule has 10 nitrogen and oxygen atoms in total. The van der Waals surface area contributed by atoms with E-state index in [4.69, 9.17) is 21.3 Å². The summed E-state index contributed by atoms with van der Waals surface area (Å²) < 4.78 is 33.2. The molecule has 0 bridgehead atoms. The highest BCUT2D eigenvalue weighted by molar-refractivity contribution is 7.89. The van der Waals surface area contributed by atoms with Gasteiger partial charge in [0.15, 0.2) is 0 Å². The number of hydrogen-bond acceptors (Lipinski definition) is 8. The highest BCUT2D eigenvalue weighted by Crippen LogP contribution is 2.39. The van der Waals surface area contributed by atoms with Gasteiger partial charge in [-0.15, -0.1) is 11.6 Å². The predicted molar refractivity (Wildman–Crippen MR) is 137 cm³/mol. The summed E-state index contributed by atoms with van der Waals surface area (Å²) in [6.07, 6.45) is 5.65. The van der Waals surface area contributed by atoms with Crippen LogP contribution in [0.5, 0.6) is 0 Å². The van der Waals surface area contributed by atoms with Gasteiger partial charge in [0.2, 0.25) is 10.0 Å². The summed E-state index contributed by atoms with van der Waals surface area (Å²) in [5.41, 5.74) is 1.71. The first kappa shape index (κ1) is 27.5. The summed E-state index contributed by atoms with van der Waals surface area (Å²) in [5.74, 6) is 0.563. The van der Waals surface area contributed by atoms with Crippen molar-refractivity contribution in [2.24, 2.45) is 11.8 Å². The Morgan fingerprint density at radius 3 is 2.81 bits per heavy atom. The lowest BCUT2D eigenvalue weighted by molar-refractivity contribution is -0.123. The van der Waals surface area contributed by atoms with Crippen molar-refractivity contribution in [2.45, 2.75) is 76.1 Å². The second kappa shape index (κ2) is 11.5. The van der Waals surface area contributed by atoms with Gasteiger partial charge in [0.25, 0.3) is 11.5 Å². The third kappa shape index (κ3) is 6.66. The quantitative estimate of drug-likeness (QED) is 0.484. The Labute approximate surface area is 218 Å². The molecule has 3 heterocycles. The van der Waals surface area contributed by atoms with Gasteiger partial charge in [-0.3, -0.25) is 18.9 Å². The molecule has 5 atom stereocenters. The van der Waals surface area contributed by atoms with Crippen molar-refractivity contribution in [1.29, 1.82) is 0 Å². The van der Waals surface area contributed by atoms with Crippen LogP contribution >= 0.6 is 11.6 Å². The van der Waals surface area contributed by atoms with Gasteiger partial charge >= 0.3 is 0 Å². The molecule has 12 heteroatoms. The van der Waals surface area contributed by atoms with Crippen molar-refractivity contribution in [3.63, 3.8) is 0 Å². The molecule has 2 aliphatic heterocycles. The van der Waals surface area contributed by atoms with Crippen LogP contribution in [0.15, 0.2) is 4.79 Å². The van der Waals surface area contributed by atoms with Gasteiger partial charge in [-0.1, -0.05) is 0 Å². The summed E-state index contributed by atoms with van der Waals surface area (Å²) >= 11 is 6.55. The van der Waals surface area contributed by atoms with Crippen molar-refractivity contribution in [2.75, 3.05) is 33.0 Å². The largest absolute Gasteiger partial charge is 0.376 e. The van der Waals surface area contributed by atoms with Crippen LogP contribution in [0.25, 0.3) is 0 Å². The maximum atomic E-state index is 13.2. The highest BCUT2D eigenvalue weighted by atomic mass is 35.5. The van der Waals surface area contributed by atoms with E-state index < -0.39 is 22.0 Å². The highest BCUT2D eigenvalue weighted by Gasteiger charge is 2.39. The van der Waals surface area contributed by atoms with E-state index in [1.807, 2.05) is 14.0 Å². The average molecular weight is 544 g/mol. The molecular weight excluding hydrogens is 506 g/mol. The van der Waals surface area contributed by atoms with Crippen LogP contribution in [-0.2, 0) is 39.1 Å². The molecule has 4 rings (SSSR count). The van der Waals surface area contributed by atoms with Crippen LogP contribution < -0.4 is 15.6 Å². The molecule has 1 aliphatic carbocycles. The van der Waals surface area contributed by atoms with E-state index in [1.54, 1.807) is 4.57 Å². The number of carbonyl (C=O) groups is 1. The van der Waals surface area contributed by atoms with E-state index in [1.165, 1.54) is 0 Å². The molecule has 0 spiro atoms. The Hall–Kier alpha value is -1.53. The molecule has 2 N–H and O–H groups in total. The first-order valence-electron chi connectivity index (χ1n) is 12.8. The number of carbonyl (C=O) groups excluding carboxylic acids is 1. The summed E-state index contributed by atoms with van der Waals surface area (Å²) in [6, 6.07) is -0.559. The lowest BCUT2D eigenvalue weighted by Gasteiger charge is -2.42. The SMILES string of the molecule is Cc1nc2c(c(=O)n1CCOC1CCC(Cl)CC1C1CCNC(C(=O)NS(C)(=O)=O)C1)CN(C)CC2. The van der Waals surface area contributed by atoms with Gasteiger partial charge in [-0.2, -0.15) is 0 Å². The van der Waals surface area contributed by atoms with Crippen LogP contribution in [0.4, 0.5) is 0 Å². The number of rotatable bonds is 7. The van der Waals surface area contributed by atoms with E-state index in [0.29, 0.717) is 38.5 Å². The molecule has 36 heavy (non-hydrogen) atoms. The molecule has 1 saturated heterocycles. The smallest absolute Gasteiger partial charge is 0.258 e. The molecule has 1 amide bonds. The van der Waals surface area contributed by atoms with Crippen LogP contribution in [0.3, 0.4) is 0 Å². The van der Waals surface area contributed by atoms with E-state index in [-0.39, 0.29) is 28.9 Å². The number of sulfonamides is 1. The van der Waals surface area contributed by atoms with E-state index in [2.05, 4.69) is 14.9 Å². The average Bonchev–Trinajstić information content (AvgIpc) is 2.81. The molecule has 1 saturated carbocycles. The van der Waals surface area contributed by atoms with Crippen LogP contribution in [0, 0.1) is 18.8 Å². The first-order chi connectivity index (χ1) is 17.0. The minimum Gasteiger partial charge on any atom is -0.376 e. The van der Waals surface area contributed by atoms with Crippen molar-refractivity contribution in [3.05, 3.63) is 27.4 Å². The number of ether oxygens (including phenoxy) is 1. The Kier molecular flexibility index (Phi) is 8.76. The van der Waals surface area contributed by atoms with Crippen molar-refractivity contribution >= 4 is 27.5 Å². The number of nitrogens with zero attached hydrogens (tertiary/aromatic N) is 3. The Morgan fingerprint density at radius 1 is 1.28 bits per heavy atom. The van der Waals surface area contributed by atoms with Crippen molar-refractivity contribution < 1.29 is 17.9 Å². The first-order valence-corrected chi connectivity index (χ1v) is 15.1. The molecule has 202 valence electrons. The van der Waals surface area contributed by atoms with Gasteiger partial charge in [-0.05, 0) is 64.5 Å².